The average molecular weight is 214 g/mol. The van der Waals surface area contributed by atoms with Gasteiger partial charge in [0.05, 0.1) is 12.5 Å². The predicted octanol–water partition coefficient (Wildman–Crippen LogP) is 0.657. The molecule has 1 fully saturated rings. The van der Waals surface area contributed by atoms with Crippen molar-refractivity contribution in [2.45, 2.75) is 38.6 Å². The molecule has 2 unspecified atom stereocenters. The molecule has 1 amide bonds. The minimum atomic E-state index is 0.0639. The smallest absolute Gasteiger partial charge is 0.225 e. The first kappa shape index (κ1) is 12.5. The Morgan fingerprint density at radius 1 is 1.67 bits per heavy atom. The Balaban J connectivity index is 2.07. The maximum atomic E-state index is 11.6. The third kappa shape index (κ3) is 5.14. The first-order valence-electron chi connectivity index (χ1n) is 5.81. The molecule has 0 aliphatic carbocycles. The molecule has 1 aliphatic rings. The molecule has 1 heterocycles. The van der Waals surface area contributed by atoms with Crippen molar-refractivity contribution in [2.24, 2.45) is 11.7 Å². The van der Waals surface area contributed by atoms with E-state index in [1.54, 1.807) is 0 Å². The van der Waals surface area contributed by atoms with E-state index in [2.05, 4.69) is 5.32 Å². The predicted molar refractivity (Wildman–Crippen MR) is 59.4 cm³/mol. The van der Waals surface area contributed by atoms with Crippen molar-refractivity contribution in [3.8, 4) is 0 Å². The Hall–Kier alpha value is -0.610. The van der Waals surface area contributed by atoms with Gasteiger partial charge in [0, 0.05) is 19.2 Å². The van der Waals surface area contributed by atoms with Crippen LogP contribution in [0.25, 0.3) is 0 Å². The monoisotopic (exact) mass is 214 g/mol. The normalized spacial score (nSPS) is 23.5. The van der Waals surface area contributed by atoms with Crippen LogP contribution >= 0.6 is 0 Å². The minimum absolute atomic E-state index is 0.0639. The molecule has 0 aromatic heterocycles. The van der Waals surface area contributed by atoms with Gasteiger partial charge < -0.3 is 15.8 Å². The van der Waals surface area contributed by atoms with Gasteiger partial charge in [0.1, 0.15) is 0 Å². The number of carbonyl (C=O) groups is 1. The molecule has 0 spiro atoms. The van der Waals surface area contributed by atoms with Crippen LogP contribution < -0.4 is 11.1 Å². The van der Waals surface area contributed by atoms with Gasteiger partial charge in [0.25, 0.3) is 0 Å². The molecule has 0 aromatic carbocycles. The van der Waals surface area contributed by atoms with Crippen molar-refractivity contribution in [3.63, 3.8) is 0 Å². The lowest BCUT2D eigenvalue weighted by atomic mass is 10.0. The molecule has 0 saturated carbocycles. The number of hydrogen-bond acceptors (Lipinski definition) is 3. The third-order valence-electron chi connectivity index (χ3n) is 2.67. The fourth-order valence-corrected chi connectivity index (χ4v) is 1.73. The summed E-state index contributed by atoms with van der Waals surface area (Å²) in [6, 6.07) is 0.222. The number of rotatable bonds is 5. The molecule has 0 aromatic rings. The van der Waals surface area contributed by atoms with E-state index in [0.29, 0.717) is 6.61 Å². The van der Waals surface area contributed by atoms with Crippen LogP contribution in [0.3, 0.4) is 0 Å². The summed E-state index contributed by atoms with van der Waals surface area (Å²) in [7, 11) is 0. The second-order valence-electron chi connectivity index (χ2n) is 4.32. The molecule has 1 saturated heterocycles. The molecular weight excluding hydrogens is 192 g/mol. The zero-order valence-corrected chi connectivity index (χ0v) is 9.50. The number of ether oxygens (including phenoxy) is 1. The van der Waals surface area contributed by atoms with E-state index >= 15 is 0 Å². The summed E-state index contributed by atoms with van der Waals surface area (Å²) in [6.45, 7) is 4.10. The Labute approximate surface area is 91.5 Å². The van der Waals surface area contributed by atoms with Crippen molar-refractivity contribution < 1.29 is 9.53 Å². The van der Waals surface area contributed by atoms with Gasteiger partial charge in [-0.25, -0.2) is 0 Å². The standard InChI is InChI=1S/C11H22N2O2/c1-9(12)4-2-6-13-11(14)10-5-3-7-15-8-10/h9-10H,2-8,12H2,1H3,(H,13,14). The summed E-state index contributed by atoms with van der Waals surface area (Å²) in [4.78, 5) is 11.6. The van der Waals surface area contributed by atoms with Gasteiger partial charge >= 0.3 is 0 Å². The topological polar surface area (TPSA) is 64.3 Å². The zero-order valence-electron chi connectivity index (χ0n) is 9.50. The van der Waals surface area contributed by atoms with E-state index in [4.69, 9.17) is 10.5 Å². The highest BCUT2D eigenvalue weighted by Gasteiger charge is 2.20. The number of nitrogens with two attached hydrogens (primary N) is 1. The molecule has 88 valence electrons. The summed E-state index contributed by atoms with van der Waals surface area (Å²) >= 11 is 0. The average Bonchev–Trinajstić information content (AvgIpc) is 2.25. The van der Waals surface area contributed by atoms with E-state index in [9.17, 15) is 4.79 Å². The van der Waals surface area contributed by atoms with Gasteiger partial charge in [0.2, 0.25) is 5.91 Å². The van der Waals surface area contributed by atoms with Crippen molar-refractivity contribution in [1.82, 2.24) is 5.32 Å². The van der Waals surface area contributed by atoms with Crippen LogP contribution in [0.4, 0.5) is 0 Å². The van der Waals surface area contributed by atoms with Crippen molar-refractivity contribution in [2.75, 3.05) is 19.8 Å². The molecule has 15 heavy (non-hydrogen) atoms. The largest absolute Gasteiger partial charge is 0.381 e. The number of amides is 1. The Bertz CT molecular complexity index is 189. The highest BCUT2D eigenvalue weighted by molar-refractivity contribution is 5.78. The lowest BCUT2D eigenvalue weighted by molar-refractivity contribution is -0.128. The fraction of sp³-hybridized carbons (Fsp3) is 0.909. The van der Waals surface area contributed by atoms with Crippen LogP contribution in [-0.4, -0.2) is 31.7 Å². The molecule has 1 aliphatic heterocycles. The summed E-state index contributed by atoms with van der Waals surface area (Å²) in [5, 5.41) is 2.93. The summed E-state index contributed by atoms with van der Waals surface area (Å²) in [6.07, 6.45) is 3.87. The lowest BCUT2D eigenvalue weighted by Gasteiger charge is -2.21. The highest BCUT2D eigenvalue weighted by Crippen LogP contribution is 2.13. The third-order valence-corrected chi connectivity index (χ3v) is 2.67. The maximum Gasteiger partial charge on any atom is 0.225 e. The number of nitrogens with one attached hydrogen (secondary N) is 1. The quantitative estimate of drug-likeness (QED) is 0.661. The highest BCUT2D eigenvalue weighted by atomic mass is 16.5. The van der Waals surface area contributed by atoms with Gasteiger partial charge in [-0.05, 0) is 32.6 Å². The van der Waals surface area contributed by atoms with Gasteiger partial charge in [-0.3, -0.25) is 4.79 Å². The Kier molecular flexibility index (Phi) is 5.65. The van der Waals surface area contributed by atoms with Crippen LogP contribution in [0.5, 0.6) is 0 Å². The van der Waals surface area contributed by atoms with E-state index in [1.165, 1.54) is 0 Å². The molecule has 1 rings (SSSR count). The Morgan fingerprint density at radius 2 is 2.47 bits per heavy atom. The van der Waals surface area contributed by atoms with Crippen LogP contribution in [-0.2, 0) is 9.53 Å². The SMILES string of the molecule is CC(N)CCCNC(=O)C1CCCOC1. The van der Waals surface area contributed by atoms with E-state index in [1.807, 2.05) is 6.92 Å². The van der Waals surface area contributed by atoms with Gasteiger partial charge in [-0.15, -0.1) is 0 Å². The number of carbonyl (C=O) groups excluding carboxylic acids is 1. The molecule has 0 radical (unpaired) electrons. The van der Waals surface area contributed by atoms with Gasteiger partial charge in [0.15, 0.2) is 0 Å². The maximum absolute atomic E-state index is 11.6. The zero-order chi connectivity index (χ0) is 11.1. The Morgan fingerprint density at radius 3 is 3.07 bits per heavy atom. The van der Waals surface area contributed by atoms with Crippen LogP contribution in [0.2, 0.25) is 0 Å². The molecule has 2 atom stereocenters. The van der Waals surface area contributed by atoms with Gasteiger partial charge in [-0.1, -0.05) is 0 Å². The van der Waals surface area contributed by atoms with E-state index < -0.39 is 0 Å². The summed E-state index contributed by atoms with van der Waals surface area (Å²) in [5.74, 6) is 0.202. The van der Waals surface area contributed by atoms with Crippen LogP contribution in [0.15, 0.2) is 0 Å². The molecule has 4 heteroatoms. The molecule has 4 nitrogen and oxygen atoms in total. The summed E-state index contributed by atoms with van der Waals surface area (Å²) < 4.78 is 5.27. The van der Waals surface area contributed by atoms with Crippen molar-refractivity contribution in [3.05, 3.63) is 0 Å². The number of hydrogen-bond donors (Lipinski definition) is 2. The van der Waals surface area contributed by atoms with E-state index in [-0.39, 0.29) is 17.9 Å². The van der Waals surface area contributed by atoms with E-state index in [0.717, 1.165) is 38.8 Å². The first-order chi connectivity index (χ1) is 7.20. The minimum Gasteiger partial charge on any atom is -0.381 e. The van der Waals surface area contributed by atoms with Crippen LogP contribution in [0, 0.1) is 5.92 Å². The van der Waals surface area contributed by atoms with Crippen LogP contribution in [0.1, 0.15) is 32.6 Å². The van der Waals surface area contributed by atoms with Crippen molar-refractivity contribution >= 4 is 5.91 Å². The summed E-state index contributed by atoms with van der Waals surface area (Å²) in [5.41, 5.74) is 5.62. The molecule has 3 N–H and O–H groups in total. The lowest BCUT2D eigenvalue weighted by Crippen LogP contribution is -2.36. The first-order valence-corrected chi connectivity index (χ1v) is 5.81. The second-order valence-corrected chi connectivity index (χ2v) is 4.32. The fourth-order valence-electron chi connectivity index (χ4n) is 1.73. The van der Waals surface area contributed by atoms with Gasteiger partial charge in [-0.2, -0.15) is 0 Å². The second kappa shape index (κ2) is 6.80. The molecule has 0 bridgehead atoms. The van der Waals surface area contributed by atoms with Crippen molar-refractivity contribution in [1.29, 1.82) is 0 Å². The molecular formula is C11H22N2O2.